The third kappa shape index (κ3) is 5.23. The van der Waals surface area contributed by atoms with Gasteiger partial charge in [-0.25, -0.2) is 4.98 Å². The summed E-state index contributed by atoms with van der Waals surface area (Å²) >= 11 is 5.72. The molecule has 5 aromatic rings. The molecule has 0 saturated carbocycles. The first-order valence-corrected chi connectivity index (χ1v) is 11.6. The van der Waals surface area contributed by atoms with Gasteiger partial charge >= 0.3 is 6.18 Å². The van der Waals surface area contributed by atoms with E-state index in [-0.39, 0.29) is 17.0 Å². The SMILES string of the molecule is O=C(Nc1cccc(C(=O)c2ccc3ncc(-c4cccnc4)nc3c2)c1)c1ccc(C(F)(F)F)c(Cl)c1. The van der Waals surface area contributed by atoms with Crippen molar-refractivity contribution in [3.8, 4) is 11.3 Å². The highest BCUT2D eigenvalue weighted by atomic mass is 35.5. The number of fused-ring (bicyclic) bond motifs is 1. The van der Waals surface area contributed by atoms with Gasteiger partial charge in [-0.05, 0) is 60.7 Å². The van der Waals surface area contributed by atoms with Crippen LogP contribution in [0.15, 0.2) is 91.4 Å². The molecule has 0 atom stereocenters. The number of hydrogen-bond donors (Lipinski definition) is 1. The maximum absolute atomic E-state index is 13.2. The maximum Gasteiger partial charge on any atom is 0.417 e. The smallest absolute Gasteiger partial charge is 0.322 e. The largest absolute Gasteiger partial charge is 0.417 e. The third-order valence-corrected chi connectivity index (χ3v) is 5.99. The second-order valence-electron chi connectivity index (χ2n) is 8.26. The molecular formula is C28H16ClF3N4O2. The van der Waals surface area contributed by atoms with Crippen LogP contribution in [-0.2, 0) is 6.18 Å². The summed E-state index contributed by atoms with van der Waals surface area (Å²) in [7, 11) is 0. The van der Waals surface area contributed by atoms with Gasteiger partial charge in [-0.1, -0.05) is 23.7 Å². The van der Waals surface area contributed by atoms with E-state index in [1.54, 1.807) is 61.1 Å². The molecule has 2 heterocycles. The lowest BCUT2D eigenvalue weighted by Gasteiger charge is -2.11. The molecule has 38 heavy (non-hydrogen) atoms. The first-order chi connectivity index (χ1) is 18.2. The molecule has 0 bridgehead atoms. The number of rotatable bonds is 5. The van der Waals surface area contributed by atoms with E-state index < -0.39 is 22.7 Å². The van der Waals surface area contributed by atoms with Crippen molar-refractivity contribution in [3.05, 3.63) is 119 Å². The van der Waals surface area contributed by atoms with E-state index >= 15 is 0 Å². The van der Waals surface area contributed by atoms with Gasteiger partial charge in [0.05, 0.1) is 33.5 Å². The lowest BCUT2D eigenvalue weighted by Crippen LogP contribution is -2.14. The number of benzene rings is 3. The minimum absolute atomic E-state index is 0.0581. The third-order valence-electron chi connectivity index (χ3n) is 5.68. The number of pyridine rings is 1. The predicted molar refractivity (Wildman–Crippen MR) is 137 cm³/mol. The number of carbonyl (C=O) groups excluding carboxylic acids is 2. The number of hydrogen-bond acceptors (Lipinski definition) is 5. The monoisotopic (exact) mass is 532 g/mol. The molecule has 10 heteroatoms. The van der Waals surface area contributed by atoms with Crippen LogP contribution in [0.4, 0.5) is 18.9 Å². The number of alkyl halides is 3. The highest BCUT2D eigenvalue weighted by Gasteiger charge is 2.33. The first kappa shape index (κ1) is 25.0. The molecule has 1 N–H and O–H groups in total. The summed E-state index contributed by atoms with van der Waals surface area (Å²) in [6.45, 7) is 0. The fourth-order valence-corrected chi connectivity index (χ4v) is 4.09. The predicted octanol–water partition coefficient (Wildman–Crippen LogP) is 6.85. The van der Waals surface area contributed by atoms with Crippen LogP contribution in [0.5, 0.6) is 0 Å². The number of carbonyl (C=O) groups is 2. The first-order valence-electron chi connectivity index (χ1n) is 11.2. The highest BCUT2D eigenvalue weighted by molar-refractivity contribution is 6.32. The van der Waals surface area contributed by atoms with Gasteiger partial charge in [-0.3, -0.25) is 19.6 Å². The molecular weight excluding hydrogens is 517 g/mol. The molecule has 0 fully saturated rings. The second-order valence-corrected chi connectivity index (χ2v) is 8.66. The molecule has 6 nitrogen and oxygen atoms in total. The van der Waals surface area contributed by atoms with Gasteiger partial charge in [0.1, 0.15) is 0 Å². The van der Waals surface area contributed by atoms with Gasteiger partial charge in [0.2, 0.25) is 0 Å². The Labute approximate surface area is 219 Å². The Morgan fingerprint density at radius 3 is 2.34 bits per heavy atom. The van der Waals surface area contributed by atoms with Gasteiger partial charge in [-0.2, -0.15) is 13.2 Å². The molecule has 1 amide bonds. The van der Waals surface area contributed by atoms with Crippen LogP contribution in [-0.4, -0.2) is 26.6 Å². The van der Waals surface area contributed by atoms with E-state index in [0.717, 1.165) is 23.8 Å². The lowest BCUT2D eigenvalue weighted by molar-refractivity contribution is -0.137. The topological polar surface area (TPSA) is 84.8 Å². The number of ketones is 1. The number of aromatic nitrogens is 3. The van der Waals surface area contributed by atoms with Gasteiger partial charge in [-0.15, -0.1) is 0 Å². The molecule has 2 aromatic heterocycles. The zero-order valence-electron chi connectivity index (χ0n) is 19.3. The Bertz CT molecular complexity index is 1690. The van der Waals surface area contributed by atoms with Crippen molar-refractivity contribution in [2.24, 2.45) is 0 Å². The van der Waals surface area contributed by atoms with Gasteiger partial charge < -0.3 is 5.32 Å². The summed E-state index contributed by atoms with van der Waals surface area (Å²) in [6.07, 6.45) is 0.333. The highest BCUT2D eigenvalue weighted by Crippen LogP contribution is 2.35. The molecule has 0 aliphatic carbocycles. The Balaban J connectivity index is 1.38. The fourth-order valence-electron chi connectivity index (χ4n) is 3.80. The van der Waals surface area contributed by atoms with Crippen molar-refractivity contribution in [3.63, 3.8) is 0 Å². The van der Waals surface area contributed by atoms with Crippen LogP contribution in [0.2, 0.25) is 5.02 Å². The summed E-state index contributed by atoms with van der Waals surface area (Å²) < 4.78 is 38.8. The minimum atomic E-state index is -4.63. The molecule has 0 aliphatic heterocycles. The average Bonchev–Trinajstić information content (AvgIpc) is 2.92. The molecule has 188 valence electrons. The van der Waals surface area contributed by atoms with E-state index in [0.29, 0.717) is 27.9 Å². The van der Waals surface area contributed by atoms with E-state index in [9.17, 15) is 22.8 Å². The van der Waals surface area contributed by atoms with Gasteiger partial charge in [0.25, 0.3) is 5.91 Å². The summed E-state index contributed by atoms with van der Waals surface area (Å²) in [4.78, 5) is 39.0. The normalized spacial score (nSPS) is 11.4. The average molecular weight is 533 g/mol. The van der Waals surface area contributed by atoms with E-state index in [1.807, 2.05) is 6.07 Å². The molecule has 0 saturated heterocycles. The Morgan fingerprint density at radius 1 is 0.816 bits per heavy atom. The molecule has 0 radical (unpaired) electrons. The van der Waals surface area contributed by atoms with Crippen LogP contribution in [0.25, 0.3) is 22.3 Å². The fraction of sp³-hybridized carbons (Fsp3) is 0.0357. The lowest BCUT2D eigenvalue weighted by atomic mass is 10.0. The number of anilines is 1. The Morgan fingerprint density at radius 2 is 1.61 bits per heavy atom. The van der Waals surface area contributed by atoms with E-state index in [1.165, 1.54) is 6.07 Å². The van der Waals surface area contributed by atoms with Crippen molar-refractivity contribution < 1.29 is 22.8 Å². The van der Waals surface area contributed by atoms with Crippen molar-refractivity contribution >= 4 is 40.0 Å². The molecule has 0 unspecified atom stereocenters. The quantitative estimate of drug-likeness (QED) is 0.250. The zero-order chi connectivity index (χ0) is 26.9. The van der Waals surface area contributed by atoms with Crippen LogP contribution < -0.4 is 5.32 Å². The summed E-state index contributed by atoms with van der Waals surface area (Å²) in [5, 5.41) is 2.00. The summed E-state index contributed by atoms with van der Waals surface area (Å²) in [5.41, 5.74) is 2.41. The van der Waals surface area contributed by atoms with Crippen LogP contribution >= 0.6 is 11.6 Å². The molecule has 0 aliphatic rings. The molecule has 5 rings (SSSR count). The molecule has 0 spiro atoms. The Kier molecular flexibility index (Phi) is 6.61. The number of nitrogens with zero attached hydrogens (tertiary/aromatic N) is 3. The van der Waals surface area contributed by atoms with Gasteiger partial charge in [0.15, 0.2) is 5.78 Å². The van der Waals surface area contributed by atoms with Crippen molar-refractivity contribution in [1.82, 2.24) is 15.0 Å². The van der Waals surface area contributed by atoms with Crippen molar-refractivity contribution in [1.29, 1.82) is 0 Å². The van der Waals surface area contributed by atoms with E-state index in [2.05, 4.69) is 20.3 Å². The standard InChI is InChI=1S/C28H16ClF3N4O2/c29-22-12-18(6-8-21(22)28(30,31)32)27(38)35-20-5-1-3-16(11-20)26(37)17-7-9-23-24(13-17)36-25(15-34-23)19-4-2-10-33-14-19/h1-15H,(H,35,38). The van der Waals surface area contributed by atoms with Crippen LogP contribution in [0.3, 0.4) is 0 Å². The van der Waals surface area contributed by atoms with Crippen LogP contribution in [0, 0.1) is 0 Å². The number of amides is 1. The van der Waals surface area contributed by atoms with E-state index in [4.69, 9.17) is 11.6 Å². The minimum Gasteiger partial charge on any atom is -0.322 e. The van der Waals surface area contributed by atoms with Crippen molar-refractivity contribution in [2.75, 3.05) is 5.32 Å². The molecule has 3 aromatic carbocycles. The second kappa shape index (κ2) is 10.0. The summed E-state index contributed by atoms with van der Waals surface area (Å²) in [5.74, 6) is -0.983. The summed E-state index contributed by atoms with van der Waals surface area (Å²) in [6, 6.07) is 17.6. The maximum atomic E-state index is 13.2. The number of nitrogens with one attached hydrogen (secondary N) is 1. The van der Waals surface area contributed by atoms with Crippen molar-refractivity contribution in [2.45, 2.75) is 6.18 Å². The van der Waals surface area contributed by atoms with Crippen LogP contribution in [0.1, 0.15) is 31.8 Å². The number of halogens is 4. The van der Waals surface area contributed by atoms with Gasteiger partial charge in [0, 0.05) is 40.3 Å². The Hall–Kier alpha value is -4.63. The zero-order valence-corrected chi connectivity index (χ0v) is 20.1.